The Bertz CT molecular complexity index is 567. The fourth-order valence-electron chi connectivity index (χ4n) is 1.54. The topological polar surface area (TPSA) is 89.9 Å². The number of anilines is 1. The van der Waals surface area contributed by atoms with Gasteiger partial charge in [0.1, 0.15) is 16.9 Å². The molecule has 2 aromatic rings. The molecule has 94 valence electrons. The van der Waals surface area contributed by atoms with E-state index >= 15 is 0 Å². The molecule has 0 fully saturated rings. The Hall–Kier alpha value is -2.02. The highest BCUT2D eigenvalue weighted by molar-refractivity contribution is 7.80. The Morgan fingerprint density at radius 1 is 1.44 bits per heavy atom. The van der Waals surface area contributed by atoms with Gasteiger partial charge in [-0.15, -0.1) is 5.10 Å². The number of nitrogens with one attached hydrogen (secondary N) is 1. The van der Waals surface area contributed by atoms with E-state index in [1.54, 1.807) is 6.07 Å². The fraction of sp³-hybridized carbons (Fsp3) is 0.273. The Morgan fingerprint density at radius 2 is 2.22 bits per heavy atom. The number of nitrogens with zero attached hydrogens (tertiary/aromatic N) is 3. The first-order valence-corrected chi connectivity index (χ1v) is 5.77. The van der Waals surface area contributed by atoms with Crippen molar-refractivity contribution in [1.29, 1.82) is 0 Å². The summed E-state index contributed by atoms with van der Waals surface area (Å²) in [5.74, 6) is 0.564. The van der Waals surface area contributed by atoms with Crippen LogP contribution >= 0.6 is 12.2 Å². The fourth-order valence-corrected chi connectivity index (χ4v) is 1.79. The van der Waals surface area contributed by atoms with Crippen LogP contribution < -0.4 is 11.1 Å². The molecule has 2 aromatic heterocycles. The predicted octanol–water partition coefficient (Wildman–Crippen LogP) is 1.33. The minimum atomic E-state index is 0.299. The summed E-state index contributed by atoms with van der Waals surface area (Å²) in [6, 6.07) is 1.77. The van der Waals surface area contributed by atoms with E-state index in [9.17, 15) is 0 Å². The second kappa shape index (κ2) is 5.09. The van der Waals surface area contributed by atoms with Crippen LogP contribution in [0.3, 0.4) is 0 Å². The van der Waals surface area contributed by atoms with E-state index in [1.807, 2.05) is 13.8 Å². The summed E-state index contributed by atoms with van der Waals surface area (Å²) < 4.78 is 4.75. The molecule has 0 radical (unpaired) electrons. The number of hydrogen-bond donors (Lipinski definition) is 2. The number of aromatic nitrogens is 3. The van der Waals surface area contributed by atoms with Gasteiger partial charge in [-0.3, -0.25) is 0 Å². The zero-order chi connectivity index (χ0) is 13.1. The zero-order valence-corrected chi connectivity index (χ0v) is 10.9. The summed E-state index contributed by atoms with van der Waals surface area (Å²) in [5.41, 5.74) is 8.95. The van der Waals surface area contributed by atoms with Crippen LogP contribution in [0.5, 0.6) is 0 Å². The van der Waals surface area contributed by atoms with Crippen molar-refractivity contribution in [3.8, 4) is 0 Å². The van der Waals surface area contributed by atoms with Crippen LogP contribution in [0, 0.1) is 13.8 Å². The smallest absolute Gasteiger partial charge is 0.159 e. The highest BCUT2D eigenvalue weighted by Crippen LogP contribution is 2.18. The number of aryl methyl sites for hydroxylation is 1. The van der Waals surface area contributed by atoms with E-state index in [0.717, 1.165) is 22.5 Å². The van der Waals surface area contributed by atoms with Gasteiger partial charge in [-0.1, -0.05) is 17.4 Å². The van der Waals surface area contributed by atoms with Crippen LogP contribution in [-0.4, -0.2) is 20.3 Å². The Kier molecular flexibility index (Phi) is 3.52. The average molecular weight is 263 g/mol. The first kappa shape index (κ1) is 12.4. The van der Waals surface area contributed by atoms with Gasteiger partial charge in [0.25, 0.3) is 0 Å². The molecular weight excluding hydrogens is 250 g/mol. The lowest BCUT2D eigenvalue weighted by atomic mass is 10.1. The van der Waals surface area contributed by atoms with E-state index in [4.69, 9.17) is 22.5 Å². The predicted molar refractivity (Wildman–Crippen MR) is 71.2 cm³/mol. The first-order valence-electron chi connectivity index (χ1n) is 5.36. The highest BCUT2D eigenvalue weighted by atomic mass is 32.1. The quantitative estimate of drug-likeness (QED) is 0.804. The molecule has 0 aliphatic heterocycles. The molecule has 2 rings (SSSR count). The van der Waals surface area contributed by atoms with Crippen molar-refractivity contribution in [2.24, 2.45) is 5.73 Å². The summed E-state index contributed by atoms with van der Waals surface area (Å²) >= 11 is 5.05. The van der Waals surface area contributed by atoms with Gasteiger partial charge in [0.15, 0.2) is 5.82 Å². The van der Waals surface area contributed by atoms with Crippen LogP contribution in [0.25, 0.3) is 0 Å². The number of rotatable bonds is 4. The third-order valence-corrected chi connectivity index (χ3v) is 2.83. The Labute approximate surface area is 110 Å². The van der Waals surface area contributed by atoms with Crippen LogP contribution in [0.15, 0.2) is 16.9 Å². The Morgan fingerprint density at radius 3 is 2.83 bits per heavy atom. The van der Waals surface area contributed by atoms with Gasteiger partial charge in [0, 0.05) is 6.07 Å². The molecule has 0 bridgehead atoms. The second-order valence-electron chi connectivity index (χ2n) is 3.84. The molecule has 3 N–H and O–H groups in total. The van der Waals surface area contributed by atoms with E-state index < -0.39 is 0 Å². The molecule has 0 amide bonds. The largest absolute Gasteiger partial charge is 0.389 e. The molecule has 0 spiro atoms. The molecule has 18 heavy (non-hydrogen) atoms. The molecule has 7 heteroatoms. The van der Waals surface area contributed by atoms with Crippen molar-refractivity contribution >= 4 is 23.0 Å². The van der Waals surface area contributed by atoms with Gasteiger partial charge in [0.05, 0.1) is 17.8 Å². The van der Waals surface area contributed by atoms with Crippen molar-refractivity contribution in [2.75, 3.05) is 5.32 Å². The highest BCUT2D eigenvalue weighted by Gasteiger charge is 2.13. The average Bonchev–Trinajstić information content (AvgIpc) is 2.83. The maximum atomic E-state index is 5.72. The summed E-state index contributed by atoms with van der Waals surface area (Å²) in [5, 5.41) is 15.0. The number of thiocarbonyl (C=S) groups is 1. The SMILES string of the molecule is Cc1nnc(NCc2ccon2)c(C(N)=S)c1C. The molecule has 0 atom stereocenters. The van der Waals surface area contributed by atoms with Gasteiger partial charge >= 0.3 is 0 Å². The molecule has 6 nitrogen and oxygen atoms in total. The van der Waals surface area contributed by atoms with Crippen LogP contribution in [0.1, 0.15) is 22.5 Å². The second-order valence-corrected chi connectivity index (χ2v) is 4.28. The van der Waals surface area contributed by atoms with Crippen molar-refractivity contribution in [3.63, 3.8) is 0 Å². The van der Waals surface area contributed by atoms with E-state index in [1.165, 1.54) is 6.26 Å². The third-order valence-electron chi connectivity index (χ3n) is 2.63. The van der Waals surface area contributed by atoms with Gasteiger partial charge < -0.3 is 15.6 Å². The molecule has 2 heterocycles. The summed E-state index contributed by atoms with van der Waals surface area (Å²) in [7, 11) is 0. The maximum Gasteiger partial charge on any atom is 0.159 e. The lowest BCUT2D eigenvalue weighted by Crippen LogP contribution is -2.18. The molecular formula is C11H13N5OS. The monoisotopic (exact) mass is 263 g/mol. The molecule has 0 aromatic carbocycles. The van der Waals surface area contributed by atoms with Gasteiger partial charge in [-0.25, -0.2) is 0 Å². The van der Waals surface area contributed by atoms with Gasteiger partial charge in [-0.2, -0.15) is 5.10 Å². The van der Waals surface area contributed by atoms with Crippen LogP contribution in [-0.2, 0) is 6.54 Å². The van der Waals surface area contributed by atoms with Gasteiger partial charge in [0.2, 0.25) is 0 Å². The van der Waals surface area contributed by atoms with Crippen LogP contribution in [0.2, 0.25) is 0 Å². The Balaban J connectivity index is 2.27. The van der Waals surface area contributed by atoms with Crippen molar-refractivity contribution in [2.45, 2.75) is 20.4 Å². The van der Waals surface area contributed by atoms with Crippen LogP contribution in [0.4, 0.5) is 5.82 Å². The lowest BCUT2D eigenvalue weighted by molar-refractivity contribution is 0.412. The number of hydrogen-bond acceptors (Lipinski definition) is 6. The summed E-state index contributed by atoms with van der Waals surface area (Å²) in [6.07, 6.45) is 1.51. The van der Waals surface area contributed by atoms with E-state index in [-0.39, 0.29) is 0 Å². The molecule has 0 aliphatic carbocycles. The third kappa shape index (κ3) is 2.45. The molecule has 0 aliphatic rings. The lowest BCUT2D eigenvalue weighted by Gasteiger charge is -2.12. The van der Waals surface area contributed by atoms with Crippen molar-refractivity contribution in [1.82, 2.24) is 15.4 Å². The molecule has 0 unspecified atom stereocenters. The minimum Gasteiger partial charge on any atom is -0.389 e. The van der Waals surface area contributed by atoms with Crippen molar-refractivity contribution in [3.05, 3.63) is 34.8 Å². The first-order chi connectivity index (χ1) is 8.59. The molecule has 0 saturated carbocycles. The summed E-state index contributed by atoms with van der Waals surface area (Å²) in [4.78, 5) is 0.299. The minimum absolute atomic E-state index is 0.299. The van der Waals surface area contributed by atoms with Crippen molar-refractivity contribution < 1.29 is 4.52 Å². The normalized spacial score (nSPS) is 10.3. The molecule has 0 saturated heterocycles. The maximum absolute atomic E-state index is 5.72. The zero-order valence-electron chi connectivity index (χ0n) is 10.1. The summed E-state index contributed by atoms with van der Waals surface area (Å²) in [6.45, 7) is 4.26. The standard InChI is InChI=1S/C11H13N5OS/c1-6-7(2)14-15-11(9(6)10(12)18)13-5-8-3-4-17-16-8/h3-4H,5H2,1-2H3,(H2,12,18)(H,13,15). The van der Waals surface area contributed by atoms with E-state index in [0.29, 0.717) is 17.4 Å². The van der Waals surface area contributed by atoms with Gasteiger partial charge in [-0.05, 0) is 19.4 Å². The number of nitrogens with two attached hydrogens (primary N) is 1. The van der Waals surface area contributed by atoms with E-state index in [2.05, 4.69) is 20.7 Å².